The predicted octanol–water partition coefficient (Wildman–Crippen LogP) is 1.46. The molecule has 2 unspecified atom stereocenters. The number of piperidine rings is 1. The molecule has 1 N–H and O–H groups in total. The lowest BCUT2D eigenvalue weighted by atomic mass is 9.98. The fourth-order valence-corrected chi connectivity index (χ4v) is 4.11. The number of anilines is 1. The Bertz CT molecular complexity index is 878. The van der Waals surface area contributed by atoms with Crippen molar-refractivity contribution in [2.75, 3.05) is 18.0 Å². The lowest BCUT2D eigenvalue weighted by Gasteiger charge is -2.32. The molecule has 23 heavy (non-hydrogen) atoms. The Labute approximate surface area is 133 Å². The highest BCUT2D eigenvalue weighted by Gasteiger charge is 2.34. The normalized spacial score (nSPS) is 24.4. The second-order valence-corrected chi connectivity index (χ2v) is 6.69. The molecule has 6 nitrogen and oxygen atoms in total. The van der Waals surface area contributed by atoms with E-state index in [1.807, 2.05) is 24.3 Å². The van der Waals surface area contributed by atoms with Gasteiger partial charge in [0.05, 0.1) is 5.52 Å². The van der Waals surface area contributed by atoms with E-state index in [0.29, 0.717) is 11.8 Å². The lowest BCUT2D eigenvalue weighted by Crippen LogP contribution is -2.38. The average Bonchev–Trinajstić information content (AvgIpc) is 2.87. The maximum Gasteiger partial charge on any atom is 0.299 e. The highest BCUT2D eigenvalue weighted by atomic mass is 16.4. The van der Waals surface area contributed by atoms with E-state index in [-0.39, 0.29) is 5.49 Å². The monoisotopic (exact) mass is 312 g/mol. The summed E-state index contributed by atoms with van der Waals surface area (Å²) in [7, 11) is 1.69. The van der Waals surface area contributed by atoms with Gasteiger partial charge in [0, 0.05) is 25.5 Å². The molecule has 1 saturated carbocycles. The van der Waals surface area contributed by atoms with Gasteiger partial charge >= 0.3 is 0 Å². The number of hydrogen-bond acceptors (Lipinski definition) is 5. The smallest absolute Gasteiger partial charge is 0.299 e. The molecule has 6 heteroatoms. The molecule has 2 atom stereocenters. The fraction of sp³-hybridized carbons (Fsp3) is 0.471. The summed E-state index contributed by atoms with van der Waals surface area (Å²) < 4.78 is 1.50. The molecule has 1 saturated heterocycles. The first kappa shape index (κ1) is 14.2. The third kappa shape index (κ3) is 2.29. The largest absolute Gasteiger partial charge is 0.409 e. The Balaban J connectivity index is 2.01. The first-order valence-electron chi connectivity index (χ1n) is 8.10. The van der Waals surface area contributed by atoms with Crippen LogP contribution in [0.5, 0.6) is 0 Å². The van der Waals surface area contributed by atoms with Crippen LogP contribution >= 0.6 is 0 Å². The number of nitrogens with zero attached hydrogens (tertiary/aromatic N) is 4. The van der Waals surface area contributed by atoms with Crippen LogP contribution < -0.4 is 15.9 Å². The molecule has 2 bridgehead atoms. The van der Waals surface area contributed by atoms with Gasteiger partial charge in [-0.05, 0) is 43.2 Å². The molecule has 0 amide bonds. The molecule has 2 aromatic rings. The minimum atomic E-state index is -0.394. The van der Waals surface area contributed by atoms with Crippen LogP contribution in [0.3, 0.4) is 0 Å². The Kier molecular flexibility index (Phi) is 3.32. The summed E-state index contributed by atoms with van der Waals surface area (Å²) >= 11 is 0. The van der Waals surface area contributed by atoms with Crippen LogP contribution in [0.25, 0.3) is 10.9 Å². The van der Waals surface area contributed by atoms with Crippen LogP contribution in [0, 0.1) is 11.8 Å². The van der Waals surface area contributed by atoms with Crippen molar-refractivity contribution >= 4 is 16.7 Å². The van der Waals surface area contributed by atoms with Crippen LogP contribution in [-0.2, 0) is 7.05 Å². The van der Waals surface area contributed by atoms with Crippen LogP contribution in [0.4, 0.5) is 5.82 Å². The molecular weight excluding hydrogens is 292 g/mol. The van der Waals surface area contributed by atoms with E-state index in [9.17, 15) is 10.0 Å². The zero-order valence-corrected chi connectivity index (χ0v) is 13.1. The summed E-state index contributed by atoms with van der Waals surface area (Å²) in [4.78, 5) is 19.1. The SMILES string of the molecule is Cn1c(=O)c(=NO)nc(N2CC3CCC(C3)C2)c2ccccc21. The van der Waals surface area contributed by atoms with Crippen LogP contribution in [0.1, 0.15) is 19.3 Å². The van der Waals surface area contributed by atoms with Gasteiger partial charge < -0.3 is 14.7 Å². The number of rotatable bonds is 1. The third-order valence-electron chi connectivity index (χ3n) is 5.22. The molecule has 1 aromatic carbocycles. The Morgan fingerprint density at radius 1 is 1.22 bits per heavy atom. The van der Waals surface area contributed by atoms with E-state index < -0.39 is 5.56 Å². The summed E-state index contributed by atoms with van der Waals surface area (Å²) in [5, 5.41) is 13.3. The number of aryl methyl sites for hydroxylation is 1. The molecule has 1 aromatic heterocycles. The standard InChI is InChI=1S/C17H20N4O2/c1-20-14-5-3-2-4-13(14)16(18-15(19-23)17(20)22)21-9-11-6-7-12(8-11)10-21/h2-5,11-12,23H,6-10H2,1H3. The van der Waals surface area contributed by atoms with Gasteiger partial charge in [-0.25, -0.2) is 4.98 Å². The van der Waals surface area contributed by atoms with Gasteiger partial charge in [0.1, 0.15) is 5.82 Å². The van der Waals surface area contributed by atoms with Crippen molar-refractivity contribution < 1.29 is 5.21 Å². The summed E-state index contributed by atoms with van der Waals surface area (Å²) in [6, 6.07) is 7.74. The van der Waals surface area contributed by atoms with E-state index in [0.717, 1.165) is 29.8 Å². The highest BCUT2D eigenvalue weighted by molar-refractivity contribution is 5.89. The molecule has 0 spiro atoms. The quantitative estimate of drug-likeness (QED) is 0.639. The molecule has 1 aliphatic heterocycles. The molecule has 2 heterocycles. The summed E-state index contributed by atoms with van der Waals surface area (Å²) in [5.74, 6) is 2.16. The van der Waals surface area contributed by atoms with E-state index in [1.54, 1.807) is 7.05 Å². The topological polar surface area (TPSA) is 70.7 Å². The number of hydrogen-bond donors (Lipinski definition) is 1. The maximum atomic E-state index is 12.4. The first-order chi connectivity index (χ1) is 11.2. The second-order valence-electron chi connectivity index (χ2n) is 6.69. The minimum Gasteiger partial charge on any atom is -0.409 e. The van der Waals surface area contributed by atoms with Gasteiger partial charge in [0.2, 0.25) is 0 Å². The van der Waals surface area contributed by atoms with Crippen molar-refractivity contribution in [3.63, 3.8) is 0 Å². The third-order valence-corrected chi connectivity index (χ3v) is 5.22. The van der Waals surface area contributed by atoms with Gasteiger partial charge in [0.25, 0.3) is 11.0 Å². The van der Waals surface area contributed by atoms with Gasteiger partial charge in [-0.1, -0.05) is 17.3 Å². The van der Waals surface area contributed by atoms with Crippen molar-refractivity contribution in [1.29, 1.82) is 0 Å². The first-order valence-corrected chi connectivity index (χ1v) is 8.10. The Hall–Kier alpha value is -2.37. The molecule has 120 valence electrons. The van der Waals surface area contributed by atoms with E-state index in [1.165, 1.54) is 23.8 Å². The van der Waals surface area contributed by atoms with Crippen molar-refractivity contribution in [2.45, 2.75) is 19.3 Å². The predicted molar refractivity (Wildman–Crippen MR) is 87.4 cm³/mol. The van der Waals surface area contributed by atoms with Gasteiger partial charge in [0.15, 0.2) is 0 Å². The minimum absolute atomic E-state index is 0.156. The second kappa shape index (κ2) is 5.37. The number of aromatic nitrogens is 2. The molecule has 2 aliphatic rings. The average molecular weight is 312 g/mol. The number of benzene rings is 1. The maximum absolute atomic E-state index is 12.4. The van der Waals surface area contributed by atoms with Crippen molar-refractivity contribution in [2.24, 2.45) is 24.0 Å². The number of fused-ring (bicyclic) bond motifs is 3. The van der Waals surface area contributed by atoms with E-state index >= 15 is 0 Å². The molecule has 4 rings (SSSR count). The van der Waals surface area contributed by atoms with E-state index in [4.69, 9.17) is 0 Å². The summed E-state index contributed by atoms with van der Waals surface area (Å²) in [6.07, 6.45) is 3.84. The Morgan fingerprint density at radius 3 is 2.61 bits per heavy atom. The Morgan fingerprint density at radius 2 is 1.91 bits per heavy atom. The zero-order valence-electron chi connectivity index (χ0n) is 13.1. The zero-order chi connectivity index (χ0) is 16.0. The van der Waals surface area contributed by atoms with Crippen molar-refractivity contribution in [1.82, 2.24) is 9.55 Å². The fourth-order valence-electron chi connectivity index (χ4n) is 4.11. The van der Waals surface area contributed by atoms with Crippen LogP contribution in [0.2, 0.25) is 0 Å². The lowest BCUT2D eigenvalue weighted by molar-refractivity contribution is 0.297. The summed E-state index contributed by atoms with van der Waals surface area (Å²) in [6.45, 7) is 1.92. The molecule has 1 aliphatic carbocycles. The van der Waals surface area contributed by atoms with E-state index in [2.05, 4.69) is 15.0 Å². The van der Waals surface area contributed by atoms with Crippen LogP contribution in [-0.4, -0.2) is 27.8 Å². The van der Waals surface area contributed by atoms with Gasteiger partial charge in [-0.15, -0.1) is 0 Å². The highest BCUT2D eigenvalue weighted by Crippen LogP contribution is 2.38. The van der Waals surface area contributed by atoms with Crippen molar-refractivity contribution in [3.8, 4) is 0 Å². The molecular formula is C17H20N4O2. The van der Waals surface area contributed by atoms with Gasteiger partial charge in [-0.3, -0.25) is 4.79 Å². The number of para-hydroxylation sites is 1. The van der Waals surface area contributed by atoms with Crippen LogP contribution in [0.15, 0.2) is 34.2 Å². The van der Waals surface area contributed by atoms with Gasteiger partial charge in [-0.2, -0.15) is 0 Å². The molecule has 2 fully saturated rings. The molecule has 0 radical (unpaired) electrons. The summed E-state index contributed by atoms with van der Waals surface area (Å²) in [5.41, 5.74) is 0.249. The van der Waals surface area contributed by atoms with Crippen molar-refractivity contribution in [3.05, 3.63) is 40.1 Å².